The minimum atomic E-state index is 0.280. The average molecular weight is 255 g/mol. The molecule has 1 spiro atoms. The van der Waals surface area contributed by atoms with E-state index in [1.165, 1.54) is 31.1 Å². The summed E-state index contributed by atoms with van der Waals surface area (Å²) in [5.74, 6) is 10.2. The molecule has 11 atom stereocenters. The first-order valence-electron chi connectivity index (χ1n) is 8.96. The molecular weight excluding hydrogens is 230 g/mol. The van der Waals surface area contributed by atoms with E-state index >= 15 is 0 Å². The van der Waals surface area contributed by atoms with Crippen LogP contribution >= 0.6 is 0 Å². The Hall–Kier alpha value is -0.0400. The minimum absolute atomic E-state index is 0.280. The van der Waals surface area contributed by atoms with Gasteiger partial charge in [-0.25, -0.2) is 0 Å². The van der Waals surface area contributed by atoms with Crippen molar-refractivity contribution in [3.8, 4) is 0 Å². The number of fused-ring (bicyclic) bond motifs is 1. The molecule has 0 aliphatic heterocycles. The Kier molecular flexibility index (Phi) is 1.26. The lowest BCUT2D eigenvalue weighted by Crippen LogP contribution is -2.79. The van der Waals surface area contributed by atoms with Crippen LogP contribution in [0.5, 0.6) is 0 Å². The fourth-order valence-electron chi connectivity index (χ4n) is 10.4. The Bertz CT molecular complexity index is 508. The van der Waals surface area contributed by atoms with Gasteiger partial charge in [0, 0.05) is 5.54 Å². The van der Waals surface area contributed by atoms with Crippen molar-refractivity contribution in [2.24, 2.45) is 64.4 Å². The zero-order valence-corrected chi connectivity index (χ0v) is 11.7. The third-order valence-electron chi connectivity index (χ3n) is 9.74. The van der Waals surface area contributed by atoms with Gasteiger partial charge in [-0.05, 0) is 104 Å². The zero-order chi connectivity index (χ0) is 12.1. The number of rotatable bonds is 0. The van der Waals surface area contributed by atoms with Crippen LogP contribution in [0, 0.1) is 58.7 Å². The summed E-state index contributed by atoms with van der Waals surface area (Å²) in [6.07, 6.45) is 10.8. The summed E-state index contributed by atoms with van der Waals surface area (Å²) in [7, 11) is 0. The highest BCUT2D eigenvalue weighted by Crippen LogP contribution is 2.83. The molecule has 9 fully saturated rings. The largest absolute Gasteiger partial charge is 0.325 e. The predicted octanol–water partition coefficient (Wildman–Crippen LogP) is 3.04. The van der Waals surface area contributed by atoms with Crippen molar-refractivity contribution < 1.29 is 0 Å². The normalized spacial score (nSPS) is 80.4. The lowest BCUT2D eigenvalue weighted by atomic mass is 9.23. The summed E-state index contributed by atoms with van der Waals surface area (Å²) in [4.78, 5) is 0. The van der Waals surface area contributed by atoms with Crippen LogP contribution in [0.15, 0.2) is 0 Å². The highest BCUT2D eigenvalue weighted by molar-refractivity contribution is 5.27. The zero-order valence-electron chi connectivity index (χ0n) is 11.7. The van der Waals surface area contributed by atoms with Crippen LogP contribution in [0.1, 0.15) is 44.9 Å². The van der Waals surface area contributed by atoms with E-state index in [2.05, 4.69) is 0 Å². The van der Waals surface area contributed by atoms with Crippen molar-refractivity contribution in [2.45, 2.75) is 50.5 Å². The molecule has 9 saturated carbocycles. The Morgan fingerprint density at radius 2 is 1.58 bits per heavy atom. The van der Waals surface area contributed by atoms with E-state index in [0.29, 0.717) is 0 Å². The molecule has 102 valence electrons. The smallest absolute Gasteiger partial charge is 0.0165 e. The van der Waals surface area contributed by atoms with E-state index in [-0.39, 0.29) is 5.54 Å². The first-order valence-corrected chi connectivity index (χ1v) is 8.96. The summed E-state index contributed by atoms with van der Waals surface area (Å²) >= 11 is 0. The molecule has 9 aliphatic carbocycles. The van der Waals surface area contributed by atoms with E-state index in [4.69, 9.17) is 5.73 Å². The second kappa shape index (κ2) is 2.45. The van der Waals surface area contributed by atoms with Crippen LogP contribution in [0.25, 0.3) is 0 Å². The SMILES string of the molecule is NC12CC3C4CC5[C@H]6C[C@@H]7C[C@@](C6)(C1)C(C4C2)[C@H]5C37. The molecular formula is C18H25N. The van der Waals surface area contributed by atoms with E-state index in [1.54, 1.807) is 25.7 Å². The molecule has 0 saturated heterocycles. The van der Waals surface area contributed by atoms with Crippen LogP contribution in [0.3, 0.4) is 0 Å². The van der Waals surface area contributed by atoms with Gasteiger partial charge in [-0.2, -0.15) is 0 Å². The predicted molar refractivity (Wildman–Crippen MR) is 73.1 cm³/mol. The fourth-order valence-corrected chi connectivity index (χ4v) is 10.4. The number of nitrogens with two attached hydrogens (primary N) is 1. The van der Waals surface area contributed by atoms with Gasteiger partial charge in [-0.1, -0.05) is 0 Å². The van der Waals surface area contributed by atoms with Crippen molar-refractivity contribution in [1.82, 2.24) is 0 Å². The van der Waals surface area contributed by atoms with Gasteiger partial charge >= 0.3 is 0 Å². The molecule has 2 N–H and O–H groups in total. The van der Waals surface area contributed by atoms with Gasteiger partial charge in [0.15, 0.2) is 0 Å². The molecule has 0 aromatic heterocycles. The Morgan fingerprint density at radius 3 is 2.53 bits per heavy atom. The highest BCUT2D eigenvalue weighted by Gasteiger charge is 2.77. The van der Waals surface area contributed by atoms with Crippen molar-refractivity contribution in [3.63, 3.8) is 0 Å². The molecule has 1 nitrogen and oxygen atoms in total. The Balaban J connectivity index is 1.58. The van der Waals surface area contributed by atoms with E-state index in [9.17, 15) is 0 Å². The minimum Gasteiger partial charge on any atom is -0.325 e. The summed E-state index contributed by atoms with van der Waals surface area (Å²) < 4.78 is 0. The summed E-state index contributed by atoms with van der Waals surface area (Å²) in [5, 5.41) is 0. The fraction of sp³-hybridized carbons (Fsp3) is 1.00. The number of hydrogen-bond donors (Lipinski definition) is 1. The lowest BCUT2D eigenvalue weighted by Gasteiger charge is -2.82. The van der Waals surface area contributed by atoms with Gasteiger partial charge in [0.2, 0.25) is 0 Å². The van der Waals surface area contributed by atoms with Crippen molar-refractivity contribution >= 4 is 0 Å². The molecule has 0 aromatic carbocycles. The molecule has 0 radical (unpaired) electrons. The van der Waals surface area contributed by atoms with Crippen molar-refractivity contribution in [1.29, 1.82) is 0 Å². The van der Waals surface area contributed by atoms with Gasteiger partial charge < -0.3 is 5.73 Å². The van der Waals surface area contributed by atoms with Crippen LogP contribution in [0.2, 0.25) is 0 Å². The molecule has 0 aromatic rings. The highest BCUT2D eigenvalue weighted by atomic mass is 14.9. The maximum atomic E-state index is 6.94. The molecule has 7 unspecified atom stereocenters. The third-order valence-corrected chi connectivity index (χ3v) is 9.74. The molecule has 1 heteroatoms. The topological polar surface area (TPSA) is 26.0 Å². The second-order valence-corrected chi connectivity index (χ2v) is 10.0. The molecule has 11 bridgehead atoms. The average Bonchev–Trinajstić information content (AvgIpc) is 2.34. The summed E-state index contributed by atoms with van der Waals surface area (Å²) in [5.41, 5.74) is 7.98. The van der Waals surface area contributed by atoms with Crippen LogP contribution in [-0.2, 0) is 0 Å². The van der Waals surface area contributed by atoms with Crippen molar-refractivity contribution in [3.05, 3.63) is 0 Å². The Labute approximate surface area is 115 Å². The van der Waals surface area contributed by atoms with Gasteiger partial charge in [0.25, 0.3) is 0 Å². The molecule has 9 aliphatic rings. The monoisotopic (exact) mass is 255 g/mol. The first kappa shape index (κ1) is 9.82. The summed E-state index contributed by atoms with van der Waals surface area (Å²) in [6.45, 7) is 0. The Morgan fingerprint density at radius 1 is 0.737 bits per heavy atom. The molecule has 9 rings (SSSR count). The van der Waals surface area contributed by atoms with Gasteiger partial charge in [-0.3, -0.25) is 0 Å². The quantitative estimate of drug-likeness (QED) is 0.707. The van der Waals surface area contributed by atoms with E-state index in [1.807, 2.05) is 0 Å². The lowest BCUT2D eigenvalue weighted by molar-refractivity contribution is -0.332. The first-order chi connectivity index (χ1) is 9.18. The van der Waals surface area contributed by atoms with Crippen LogP contribution in [-0.4, -0.2) is 5.54 Å². The van der Waals surface area contributed by atoms with Gasteiger partial charge in [-0.15, -0.1) is 0 Å². The number of hydrogen-bond acceptors (Lipinski definition) is 1. The van der Waals surface area contributed by atoms with Gasteiger partial charge in [0.05, 0.1) is 0 Å². The molecule has 0 amide bonds. The summed E-state index contributed by atoms with van der Waals surface area (Å²) in [6, 6.07) is 0. The van der Waals surface area contributed by atoms with Crippen LogP contribution in [0.4, 0.5) is 0 Å². The molecule has 0 heterocycles. The van der Waals surface area contributed by atoms with E-state index in [0.717, 1.165) is 46.8 Å². The standard InChI is InChI=1S/C18H25N/c19-18-5-12-11-2-10-8-1-9-4-17(3-8,7-18)16(13(11)6-18)15(10)14(9)12/h8-16H,1-7,19H2/t8-,9+,10?,11?,12?,13?,14?,15+,16?,17-,18?/m0/s1. The van der Waals surface area contributed by atoms with Crippen LogP contribution < -0.4 is 5.73 Å². The molecule has 19 heavy (non-hydrogen) atoms. The third kappa shape index (κ3) is 0.793. The van der Waals surface area contributed by atoms with E-state index < -0.39 is 0 Å². The van der Waals surface area contributed by atoms with Gasteiger partial charge in [0.1, 0.15) is 0 Å². The maximum Gasteiger partial charge on any atom is 0.0165 e. The second-order valence-electron chi connectivity index (χ2n) is 10.0. The maximum absolute atomic E-state index is 6.94. The van der Waals surface area contributed by atoms with Crippen molar-refractivity contribution in [2.75, 3.05) is 0 Å².